The lowest BCUT2D eigenvalue weighted by Crippen LogP contribution is -3.00. The van der Waals surface area contributed by atoms with Gasteiger partial charge in [-0.15, -0.1) is 0 Å². The second-order valence-corrected chi connectivity index (χ2v) is 5.09. The Morgan fingerprint density at radius 1 is 1.33 bits per heavy atom. The van der Waals surface area contributed by atoms with E-state index in [0.29, 0.717) is 12.6 Å². The molecule has 120 valence electrons. The highest BCUT2D eigenvalue weighted by atomic mass is 35.5. The first-order valence-electron chi connectivity index (χ1n) is 7.22. The van der Waals surface area contributed by atoms with Gasteiger partial charge < -0.3 is 27.6 Å². The minimum Gasteiger partial charge on any atom is -1.00 e. The van der Waals surface area contributed by atoms with Crippen molar-refractivity contribution in [3.8, 4) is 5.75 Å². The molecule has 0 amide bonds. The number of hydrogen-bond acceptors (Lipinski definition) is 3. The fourth-order valence-corrected chi connectivity index (χ4v) is 1.96. The molecule has 0 aliphatic heterocycles. The molecule has 0 aliphatic carbocycles. The van der Waals surface area contributed by atoms with Crippen LogP contribution >= 0.6 is 0 Å². The van der Waals surface area contributed by atoms with E-state index in [-0.39, 0.29) is 18.8 Å². The van der Waals surface area contributed by atoms with Gasteiger partial charge in [-0.1, -0.05) is 12.1 Å². The zero-order chi connectivity index (χ0) is 14.8. The van der Waals surface area contributed by atoms with E-state index in [1.54, 1.807) is 0 Å². The quantitative estimate of drug-likeness (QED) is 0.591. The number of rotatable bonds is 10. The van der Waals surface area contributed by atoms with Crippen molar-refractivity contribution in [1.82, 2.24) is 5.32 Å². The molecule has 21 heavy (non-hydrogen) atoms. The minimum absolute atomic E-state index is 0. The molecular weight excluding hydrogens is 290 g/mol. The number of ether oxygens (including phenoxy) is 1. The largest absolute Gasteiger partial charge is 1.00 e. The third-order valence-corrected chi connectivity index (χ3v) is 3.24. The Bertz CT molecular complexity index is 412. The number of hydrogen-bond donors (Lipinski definition) is 2. The smallest absolute Gasteiger partial charge is 0.303 e. The van der Waals surface area contributed by atoms with Crippen molar-refractivity contribution in [3.63, 3.8) is 0 Å². The number of likely N-dealkylation sites (N-methyl/N-ethyl adjacent to an activating group) is 1. The van der Waals surface area contributed by atoms with Crippen LogP contribution in [-0.2, 0) is 11.2 Å². The summed E-state index contributed by atoms with van der Waals surface area (Å²) in [6, 6.07) is 8.60. The van der Waals surface area contributed by atoms with Crippen LogP contribution in [0.4, 0.5) is 0 Å². The van der Waals surface area contributed by atoms with Crippen molar-refractivity contribution in [2.24, 2.45) is 0 Å². The Hall–Kier alpha value is -1.26. The van der Waals surface area contributed by atoms with Crippen LogP contribution in [0.1, 0.15) is 38.2 Å². The van der Waals surface area contributed by atoms with Gasteiger partial charge in [0.25, 0.3) is 0 Å². The molecule has 0 saturated carbocycles. The predicted octanol–water partition coefficient (Wildman–Crippen LogP) is -0.135. The molecule has 0 aliphatic rings. The van der Waals surface area contributed by atoms with E-state index in [4.69, 9.17) is 9.84 Å². The number of halogens is 1. The lowest BCUT2D eigenvalue weighted by atomic mass is 10.1. The molecule has 0 bridgehead atoms. The van der Waals surface area contributed by atoms with Gasteiger partial charge in [-0.3, -0.25) is 4.79 Å². The molecule has 4 nitrogen and oxygen atoms in total. The Balaban J connectivity index is 0.00000400. The van der Waals surface area contributed by atoms with Crippen LogP contribution in [0.2, 0.25) is 0 Å². The third-order valence-electron chi connectivity index (χ3n) is 3.24. The van der Waals surface area contributed by atoms with E-state index in [9.17, 15) is 4.79 Å². The highest BCUT2D eigenvalue weighted by Gasteiger charge is 2.02. The number of nitrogens with one attached hydrogen (secondary N) is 1. The van der Waals surface area contributed by atoms with Gasteiger partial charge in [0, 0.05) is 12.5 Å². The third kappa shape index (κ3) is 9.32. The zero-order valence-electron chi connectivity index (χ0n) is 12.8. The highest BCUT2D eigenvalue weighted by molar-refractivity contribution is 5.66. The van der Waals surface area contributed by atoms with Crippen molar-refractivity contribution < 1.29 is 27.0 Å². The average Bonchev–Trinajstić information content (AvgIpc) is 2.42. The molecule has 0 aromatic heterocycles. The number of unbranched alkanes of at least 4 members (excludes halogenated alkanes) is 2. The van der Waals surface area contributed by atoms with Gasteiger partial charge in [0.05, 0.1) is 6.61 Å². The zero-order valence-corrected chi connectivity index (χ0v) is 13.5. The molecule has 5 heteroatoms. The van der Waals surface area contributed by atoms with E-state index in [0.717, 1.165) is 31.4 Å². The molecule has 0 heterocycles. The second kappa shape index (κ2) is 11.4. The van der Waals surface area contributed by atoms with Crippen molar-refractivity contribution in [1.29, 1.82) is 0 Å². The van der Waals surface area contributed by atoms with Crippen LogP contribution in [0, 0.1) is 0 Å². The molecule has 1 rings (SSSR count). The van der Waals surface area contributed by atoms with Crippen molar-refractivity contribution in [2.75, 3.05) is 13.7 Å². The van der Waals surface area contributed by atoms with E-state index in [1.807, 2.05) is 19.2 Å². The molecule has 1 aromatic rings. The predicted molar refractivity (Wildman–Crippen MR) is 80.3 cm³/mol. The fourth-order valence-electron chi connectivity index (χ4n) is 1.96. The van der Waals surface area contributed by atoms with Crippen molar-refractivity contribution in [3.05, 3.63) is 29.8 Å². The van der Waals surface area contributed by atoms with Crippen LogP contribution in [0.25, 0.3) is 0 Å². The maximum Gasteiger partial charge on any atom is 0.303 e. The highest BCUT2D eigenvalue weighted by Crippen LogP contribution is 2.15. The summed E-state index contributed by atoms with van der Waals surface area (Å²) in [7, 11) is 1.96. The van der Waals surface area contributed by atoms with Crippen LogP contribution in [0.15, 0.2) is 24.3 Å². The van der Waals surface area contributed by atoms with Crippen molar-refractivity contribution >= 4 is 5.97 Å². The molecule has 0 radical (unpaired) electrons. The molecule has 0 spiro atoms. The summed E-state index contributed by atoms with van der Waals surface area (Å²) in [5.41, 5.74) is 1.26. The Morgan fingerprint density at radius 2 is 2.10 bits per heavy atom. The lowest BCUT2D eigenvalue weighted by Gasteiger charge is -2.11. The number of carbonyl (C=O) groups is 1. The van der Waals surface area contributed by atoms with E-state index < -0.39 is 5.97 Å². The Labute approximate surface area is 133 Å². The summed E-state index contributed by atoms with van der Waals surface area (Å²) >= 11 is 0. The van der Waals surface area contributed by atoms with E-state index in [1.165, 1.54) is 5.56 Å². The second-order valence-electron chi connectivity index (χ2n) is 5.09. The number of carboxylic acid groups (broad SMARTS) is 1. The van der Waals surface area contributed by atoms with Gasteiger partial charge in [0.15, 0.2) is 0 Å². The summed E-state index contributed by atoms with van der Waals surface area (Å²) in [4.78, 5) is 10.4. The Morgan fingerprint density at radius 3 is 2.76 bits per heavy atom. The van der Waals surface area contributed by atoms with Gasteiger partial charge in [0.1, 0.15) is 5.75 Å². The molecule has 1 aromatic carbocycles. The van der Waals surface area contributed by atoms with Gasteiger partial charge in [-0.25, -0.2) is 0 Å². The van der Waals surface area contributed by atoms with E-state index >= 15 is 0 Å². The lowest BCUT2D eigenvalue weighted by molar-refractivity contribution is -0.137. The molecule has 1 unspecified atom stereocenters. The van der Waals surface area contributed by atoms with Crippen LogP contribution < -0.4 is 22.5 Å². The van der Waals surface area contributed by atoms with Gasteiger partial charge in [-0.05, 0) is 57.4 Å². The average molecular weight is 315 g/mol. The standard InChI is InChI=1S/C16H25NO3.ClH/c1-13(17-2)11-14-7-6-8-15(12-14)20-10-5-3-4-9-16(18)19;/h6-8,12-13,17H,3-5,9-11H2,1-2H3,(H,18,19);1H/p-1. The van der Waals surface area contributed by atoms with Gasteiger partial charge >= 0.3 is 5.97 Å². The molecular formula is C16H25ClNO3-. The van der Waals surface area contributed by atoms with Crippen LogP contribution in [-0.4, -0.2) is 30.8 Å². The number of carboxylic acids is 1. The van der Waals surface area contributed by atoms with Gasteiger partial charge in [0.2, 0.25) is 0 Å². The SMILES string of the molecule is CNC(C)Cc1cccc(OCCCCCC(=O)O)c1.[Cl-]. The number of aliphatic carboxylic acids is 1. The van der Waals surface area contributed by atoms with Gasteiger partial charge in [-0.2, -0.15) is 0 Å². The molecule has 1 atom stereocenters. The Kier molecular flexibility index (Phi) is 10.7. The number of benzene rings is 1. The van der Waals surface area contributed by atoms with Crippen molar-refractivity contribution in [2.45, 2.75) is 45.1 Å². The summed E-state index contributed by atoms with van der Waals surface area (Å²) < 4.78 is 5.70. The maximum absolute atomic E-state index is 10.4. The summed E-state index contributed by atoms with van der Waals surface area (Å²) in [5.74, 6) is 0.168. The summed E-state index contributed by atoms with van der Waals surface area (Å²) in [6.07, 6.45) is 3.73. The molecule has 0 saturated heterocycles. The van der Waals surface area contributed by atoms with Crippen LogP contribution in [0.3, 0.4) is 0 Å². The topological polar surface area (TPSA) is 58.6 Å². The molecule has 2 N–H and O–H groups in total. The summed E-state index contributed by atoms with van der Waals surface area (Å²) in [5, 5.41) is 11.8. The maximum atomic E-state index is 10.4. The first kappa shape index (κ1) is 19.7. The normalized spacial score (nSPS) is 11.5. The van der Waals surface area contributed by atoms with Crippen LogP contribution in [0.5, 0.6) is 5.75 Å². The monoisotopic (exact) mass is 314 g/mol. The first-order valence-corrected chi connectivity index (χ1v) is 7.22. The van der Waals surface area contributed by atoms with E-state index in [2.05, 4.69) is 24.4 Å². The minimum atomic E-state index is -0.725. The first-order chi connectivity index (χ1) is 9.61. The fraction of sp³-hybridized carbons (Fsp3) is 0.562. The summed E-state index contributed by atoms with van der Waals surface area (Å²) in [6.45, 7) is 2.79. The molecule has 0 fully saturated rings.